The molecular weight excluding hydrogens is 368 g/mol. The van der Waals surface area contributed by atoms with Crippen molar-refractivity contribution in [2.75, 3.05) is 7.11 Å². The number of benzene rings is 1. The minimum atomic E-state index is -0.594. The van der Waals surface area contributed by atoms with Gasteiger partial charge in [-0.25, -0.2) is 4.79 Å². The van der Waals surface area contributed by atoms with Crippen LogP contribution < -0.4 is 10.6 Å². The Bertz CT molecular complexity index is 931. The highest BCUT2D eigenvalue weighted by atomic mass is 16.5. The number of hydrogen-bond acceptors (Lipinski definition) is 6. The summed E-state index contributed by atoms with van der Waals surface area (Å²) in [5, 5.41) is 6.22. The zero-order valence-corrected chi connectivity index (χ0v) is 16.0. The smallest absolute Gasteiger partial charge is 0.337 e. The summed E-state index contributed by atoms with van der Waals surface area (Å²) in [5.74, 6) is -0.588. The van der Waals surface area contributed by atoms with Gasteiger partial charge in [0.25, 0.3) is 0 Å². The fourth-order valence-corrected chi connectivity index (χ4v) is 2.81. The van der Waals surface area contributed by atoms with E-state index in [0.29, 0.717) is 18.7 Å². The molecule has 0 radical (unpaired) electrons. The lowest BCUT2D eigenvalue weighted by Crippen LogP contribution is -2.37. The quantitative estimate of drug-likeness (QED) is 0.574. The van der Waals surface area contributed by atoms with Gasteiger partial charge in [-0.3, -0.25) is 20.1 Å². The third kappa shape index (κ3) is 5.70. The van der Waals surface area contributed by atoms with Crippen molar-refractivity contribution in [2.45, 2.75) is 19.1 Å². The molecule has 2 aromatic heterocycles. The summed E-state index contributed by atoms with van der Waals surface area (Å²) in [5.41, 5.74) is 3.10. The highest BCUT2D eigenvalue weighted by Crippen LogP contribution is 2.16. The van der Waals surface area contributed by atoms with E-state index in [0.717, 1.165) is 16.7 Å². The maximum Gasteiger partial charge on any atom is 0.337 e. The summed E-state index contributed by atoms with van der Waals surface area (Å²) in [4.78, 5) is 32.7. The van der Waals surface area contributed by atoms with Crippen molar-refractivity contribution in [1.82, 2.24) is 20.6 Å². The Morgan fingerprint density at radius 1 is 0.931 bits per heavy atom. The first kappa shape index (κ1) is 20.2. The van der Waals surface area contributed by atoms with Crippen LogP contribution in [0.3, 0.4) is 0 Å². The Hall–Kier alpha value is -3.58. The van der Waals surface area contributed by atoms with E-state index in [9.17, 15) is 9.59 Å². The third-order valence-corrected chi connectivity index (χ3v) is 4.38. The van der Waals surface area contributed by atoms with Gasteiger partial charge in [-0.2, -0.15) is 0 Å². The zero-order chi connectivity index (χ0) is 20.5. The van der Waals surface area contributed by atoms with Crippen LogP contribution in [0.15, 0.2) is 73.3 Å². The Balaban J connectivity index is 1.74. The molecule has 2 N–H and O–H groups in total. The second-order valence-corrected chi connectivity index (χ2v) is 6.36. The maximum atomic E-state index is 12.9. The maximum absolute atomic E-state index is 12.9. The molecule has 3 aromatic rings. The van der Waals surface area contributed by atoms with Crippen molar-refractivity contribution in [1.29, 1.82) is 0 Å². The molecule has 7 heteroatoms. The van der Waals surface area contributed by atoms with Crippen LogP contribution in [-0.4, -0.2) is 29.0 Å². The Kier molecular flexibility index (Phi) is 7.02. The summed E-state index contributed by atoms with van der Waals surface area (Å²) in [6.07, 6.45) is 6.82. The topological polar surface area (TPSA) is 93.2 Å². The molecule has 0 saturated carbocycles. The molecule has 7 nitrogen and oxygen atoms in total. The van der Waals surface area contributed by atoms with Crippen molar-refractivity contribution < 1.29 is 14.3 Å². The highest BCUT2D eigenvalue weighted by Gasteiger charge is 2.20. The molecule has 1 atom stereocenters. The van der Waals surface area contributed by atoms with Gasteiger partial charge < -0.3 is 10.1 Å². The molecule has 29 heavy (non-hydrogen) atoms. The lowest BCUT2D eigenvalue weighted by Gasteiger charge is -2.19. The predicted octanol–water partition coefficient (Wildman–Crippen LogP) is 2.41. The molecule has 0 aliphatic heterocycles. The number of aromatic nitrogens is 2. The van der Waals surface area contributed by atoms with Crippen molar-refractivity contribution in [3.63, 3.8) is 0 Å². The van der Waals surface area contributed by atoms with Gasteiger partial charge in [-0.15, -0.1) is 0 Å². The van der Waals surface area contributed by atoms with Crippen LogP contribution in [0.1, 0.15) is 33.1 Å². The van der Waals surface area contributed by atoms with E-state index in [4.69, 9.17) is 4.74 Å². The van der Waals surface area contributed by atoms with Crippen molar-refractivity contribution in [2.24, 2.45) is 0 Å². The standard InChI is InChI=1S/C22H22N4O3/c1-29-22(28)19-6-4-18(5-7-19)20(25-15-17-3-2-10-24-13-17)21(27)26-14-16-8-11-23-12-9-16/h2-13,20,25H,14-15H2,1H3,(H,26,27). The first-order valence-corrected chi connectivity index (χ1v) is 9.14. The highest BCUT2D eigenvalue weighted by molar-refractivity contribution is 5.89. The molecule has 0 spiro atoms. The van der Waals surface area contributed by atoms with E-state index < -0.39 is 12.0 Å². The van der Waals surface area contributed by atoms with E-state index >= 15 is 0 Å². The fraction of sp³-hybridized carbons (Fsp3) is 0.182. The number of hydrogen-bond donors (Lipinski definition) is 2. The van der Waals surface area contributed by atoms with Gasteiger partial charge in [0.15, 0.2) is 0 Å². The number of ether oxygens (including phenoxy) is 1. The summed E-state index contributed by atoms with van der Waals surface area (Å²) in [7, 11) is 1.33. The SMILES string of the molecule is COC(=O)c1ccc(C(NCc2cccnc2)C(=O)NCc2ccncc2)cc1. The Morgan fingerprint density at radius 2 is 1.69 bits per heavy atom. The molecule has 2 heterocycles. The van der Waals surface area contributed by atoms with E-state index in [1.54, 1.807) is 49.1 Å². The largest absolute Gasteiger partial charge is 0.465 e. The third-order valence-electron chi connectivity index (χ3n) is 4.38. The van der Waals surface area contributed by atoms with Crippen LogP contribution in [0.5, 0.6) is 0 Å². The zero-order valence-electron chi connectivity index (χ0n) is 16.0. The van der Waals surface area contributed by atoms with Gasteiger partial charge in [0.05, 0.1) is 12.7 Å². The average molecular weight is 390 g/mol. The molecule has 0 aliphatic rings. The van der Waals surface area contributed by atoms with Crippen LogP contribution >= 0.6 is 0 Å². The summed E-state index contributed by atoms with van der Waals surface area (Å²) >= 11 is 0. The molecule has 1 amide bonds. The first-order chi connectivity index (χ1) is 14.2. The van der Waals surface area contributed by atoms with Crippen molar-refractivity contribution in [3.8, 4) is 0 Å². The van der Waals surface area contributed by atoms with Crippen molar-refractivity contribution in [3.05, 3.63) is 95.6 Å². The number of esters is 1. The van der Waals surface area contributed by atoms with Crippen LogP contribution in [0.25, 0.3) is 0 Å². The van der Waals surface area contributed by atoms with Gasteiger partial charge in [-0.05, 0) is 47.0 Å². The summed E-state index contributed by atoms with van der Waals surface area (Å²) < 4.78 is 4.73. The molecule has 1 aromatic carbocycles. The van der Waals surface area contributed by atoms with Gasteiger partial charge in [0.1, 0.15) is 6.04 Å². The molecule has 148 valence electrons. The van der Waals surface area contributed by atoms with Gasteiger partial charge in [0, 0.05) is 37.9 Å². The average Bonchev–Trinajstić information content (AvgIpc) is 2.79. The lowest BCUT2D eigenvalue weighted by atomic mass is 10.0. The minimum Gasteiger partial charge on any atom is -0.465 e. The number of methoxy groups -OCH3 is 1. The monoisotopic (exact) mass is 390 g/mol. The first-order valence-electron chi connectivity index (χ1n) is 9.14. The number of pyridine rings is 2. The van der Waals surface area contributed by atoms with Gasteiger partial charge >= 0.3 is 5.97 Å². The van der Waals surface area contributed by atoms with Crippen molar-refractivity contribution >= 4 is 11.9 Å². The number of rotatable bonds is 8. The fourth-order valence-electron chi connectivity index (χ4n) is 2.81. The van der Waals surface area contributed by atoms with E-state index in [2.05, 4.69) is 20.6 Å². The number of amides is 1. The van der Waals surface area contributed by atoms with Crippen LogP contribution in [0.2, 0.25) is 0 Å². The molecule has 3 rings (SSSR count). The number of nitrogens with one attached hydrogen (secondary N) is 2. The van der Waals surface area contributed by atoms with Crippen LogP contribution in [-0.2, 0) is 22.6 Å². The van der Waals surface area contributed by atoms with E-state index in [-0.39, 0.29) is 5.91 Å². The predicted molar refractivity (Wildman–Crippen MR) is 108 cm³/mol. The molecule has 0 bridgehead atoms. The van der Waals surface area contributed by atoms with E-state index in [1.165, 1.54) is 7.11 Å². The molecule has 0 fully saturated rings. The number of carbonyl (C=O) groups excluding carboxylic acids is 2. The summed E-state index contributed by atoms with van der Waals surface area (Å²) in [6.45, 7) is 0.868. The van der Waals surface area contributed by atoms with Crippen LogP contribution in [0.4, 0.5) is 0 Å². The number of carbonyl (C=O) groups is 2. The van der Waals surface area contributed by atoms with E-state index in [1.807, 2.05) is 24.3 Å². The summed E-state index contributed by atoms with van der Waals surface area (Å²) in [6, 6.07) is 13.7. The second-order valence-electron chi connectivity index (χ2n) is 6.36. The minimum absolute atomic E-state index is 0.170. The Morgan fingerprint density at radius 3 is 2.34 bits per heavy atom. The van der Waals surface area contributed by atoms with Gasteiger partial charge in [0.2, 0.25) is 5.91 Å². The molecule has 1 unspecified atom stereocenters. The van der Waals surface area contributed by atoms with Gasteiger partial charge in [-0.1, -0.05) is 18.2 Å². The molecule has 0 aliphatic carbocycles. The second kappa shape index (κ2) is 10.1. The molecular formula is C22H22N4O3. The Labute approximate surface area is 169 Å². The molecule has 0 saturated heterocycles. The lowest BCUT2D eigenvalue weighted by molar-refractivity contribution is -0.123. The normalized spacial score (nSPS) is 11.5. The number of nitrogens with zero attached hydrogens (tertiary/aromatic N) is 2. The van der Waals surface area contributed by atoms with Crippen LogP contribution in [0, 0.1) is 0 Å².